The molecular weight excluding hydrogens is 312 g/mol. The SMILES string of the molecule is CC(C)N1CCN2c3ncc(N4CCN(C)CC4)cc3N(C)C[C@@H]2C1. The third-order valence-electron chi connectivity index (χ3n) is 6.11. The Morgan fingerprint density at radius 3 is 2.48 bits per heavy atom. The Morgan fingerprint density at radius 2 is 1.76 bits per heavy atom. The predicted molar refractivity (Wildman–Crippen MR) is 105 cm³/mol. The monoisotopic (exact) mass is 344 g/mol. The highest BCUT2D eigenvalue weighted by Crippen LogP contribution is 2.37. The van der Waals surface area contributed by atoms with Crippen LogP contribution >= 0.6 is 0 Å². The lowest BCUT2D eigenvalue weighted by Crippen LogP contribution is -2.60. The predicted octanol–water partition coefficient (Wildman–Crippen LogP) is 1.18. The first kappa shape index (κ1) is 16.9. The van der Waals surface area contributed by atoms with Gasteiger partial charge in [0.2, 0.25) is 0 Å². The quantitative estimate of drug-likeness (QED) is 0.800. The van der Waals surface area contributed by atoms with Gasteiger partial charge in [0, 0.05) is 65.4 Å². The van der Waals surface area contributed by atoms with E-state index in [1.54, 1.807) is 0 Å². The normalized spacial score (nSPS) is 25.3. The Bertz CT molecular complexity index is 610. The zero-order chi connectivity index (χ0) is 17.6. The molecule has 0 unspecified atom stereocenters. The summed E-state index contributed by atoms with van der Waals surface area (Å²) in [6, 6.07) is 3.54. The molecule has 0 radical (unpaired) electrons. The standard InChI is InChI=1S/C19H32N6/c1-15(2)24-9-10-25-17(14-24)13-22(4)18-11-16(12-20-19(18)25)23-7-5-21(3)6-8-23/h11-12,15,17H,5-10,13-14H2,1-4H3/t17-/m1/s1. The van der Waals surface area contributed by atoms with Crippen LogP contribution in [0.4, 0.5) is 17.2 Å². The van der Waals surface area contributed by atoms with Crippen molar-refractivity contribution in [3.8, 4) is 0 Å². The minimum absolute atomic E-state index is 0.552. The molecule has 0 N–H and O–H groups in total. The molecule has 1 atom stereocenters. The van der Waals surface area contributed by atoms with Gasteiger partial charge >= 0.3 is 0 Å². The number of piperazine rings is 2. The molecule has 0 aromatic carbocycles. The van der Waals surface area contributed by atoms with E-state index in [1.807, 2.05) is 0 Å². The fraction of sp³-hybridized carbons (Fsp3) is 0.737. The molecule has 0 saturated carbocycles. The van der Waals surface area contributed by atoms with Gasteiger partial charge in [-0.25, -0.2) is 4.98 Å². The van der Waals surface area contributed by atoms with E-state index in [2.05, 4.69) is 64.7 Å². The van der Waals surface area contributed by atoms with Crippen LogP contribution in [-0.4, -0.2) is 93.3 Å². The molecule has 1 aromatic rings. The lowest BCUT2D eigenvalue weighted by molar-refractivity contribution is 0.179. The molecular formula is C19H32N6. The average Bonchev–Trinajstić information content (AvgIpc) is 2.61. The van der Waals surface area contributed by atoms with E-state index in [4.69, 9.17) is 4.98 Å². The van der Waals surface area contributed by atoms with Gasteiger partial charge in [-0.2, -0.15) is 0 Å². The van der Waals surface area contributed by atoms with Crippen molar-refractivity contribution < 1.29 is 0 Å². The van der Waals surface area contributed by atoms with Crippen LogP contribution in [0.1, 0.15) is 13.8 Å². The minimum Gasteiger partial charge on any atom is -0.369 e. The van der Waals surface area contributed by atoms with Crippen LogP contribution in [-0.2, 0) is 0 Å². The first-order valence-corrected chi connectivity index (χ1v) is 9.68. The number of hydrogen-bond acceptors (Lipinski definition) is 6. The van der Waals surface area contributed by atoms with Gasteiger partial charge in [0.15, 0.2) is 5.82 Å². The van der Waals surface area contributed by atoms with Crippen LogP contribution in [0.5, 0.6) is 0 Å². The van der Waals surface area contributed by atoms with Gasteiger partial charge < -0.3 is 19.6 Å². The van der Waals surface area contributed by atoms with Crippen molar-refractivity contribution in [1.29, 1.82) is 0 Å². The average molecular weight is 345 g/mol. The second-order valence-electron chi connectivity index (χ2n) is 8.14. The molecule has 4 rings (SSSR count). The summed E-state index contributed by atoms with van der Waals surface area (Å²) in [6.45, 7) is 13.5. The highest BCUT2D eigenvalue weighted by molar-refractivity contribution is 5.74. The van der Waals surface area contributed by atoms with Gasteiger partial charge in [-0.05, 0) is 27.0 Å². The van der Waals surface area contributed by atoms with Crippen LogP contribution in [0.3, 0.4) is 0 Å². The van der Waals surface area contributed by atoms with Gasteiger partial charge in [0.25, 0.3) is 0 Å². The van der Waals surface area contributed by atoms with Crippen molar-refractivity contribution in [2.75, 3.05) is 81.2 Å². The number of hydrogen-bond donors (Lipinski definition) is 0. The Morgan fingerprint density at radius 1 is 1.00 bits per heavy atom. The van der Waals surface area contributed by atoms with Crippen LogP contribution in [0.15, 0.2) is 12.3 Å². The number of pyridine rings is 1. The van der Waals surface area contributed by atoms with Crippen molar-refractivity contribution in [2.24, 2.45) is 0 Å². The zero-order valence-electron chi connectivity index (χ0n) is 16.1. The molecule has 0 spiro atoms. The Balaban J connectivity index is 1.56. The first-order valence-electron chi connectivity index (χ1n) is 9.68. The van der Waals surface area contributed by atoms with Gasteiger partial charge in [-0.1, -0.05) is 0 Å². The molecule has 0 aliphatic carbocycles. The summed E-state index contributed by atoms with van der Waals surface area (Å²) >= 11 is 0. The Hall–Kier alpha value is -1.53. The van der Waals surface area contributed by atoms with E-state index in [9.17, 15) is 0 Å². The van der Waals surface area contributed by atoms with E-state index >= 15 is 0 Å². The van der Waals surface area contributed by atoms with E-state index < -0.39 is 0 Å². The second-order valence-corrected chi connectivity index (χ2v) is 8.14. The molecule has 0 bridgehead atoms. The molecule has 138 valence electrons. The molecule has 6 heteroatoms. The van der Waals surface area contributed by atoms with Gasteiger partial charge in [-0.15, -0.1) is 0 Å². The molecule has 2 saturated heterocycles. The third-order valence-corrected chi connectivity index (χ3v) is 6.11. The molecule has 1 aromatic heterocycles. The second kappa shape index (κ2) is 6.65. The molecule has 0 amide bonds. The van der Waals surface area contributed by atoms with Crippen LogP contribution in [0.2, 0.25) is 0 Å². The van der Waals surface area contributed by atoms with Crippen LogP contribution < -0.4 is 14.7 Å². The van der Waals surface area contributed by atoms with E-state index in [0.29, 0.717) is 12.1 Å². The summed E-state index contributed by atoms with van der Waals surface area (Å²) in [4.78, 5) is 17.3. The van der Waals surface area contributed by atoms with E-state index in [-0.39, 0.29) is 0 Å². The van der Waals surface area contributed by atoms with Crippen molar-refractivity contribution in [2.45, 2.75) is 25.9 Å². The number of aromatic nitrogens is 1. The maximum atomic E-state index is 4.93. The van der Waals surface area contributed by atoms with Gasteiger partial charge in [0.1, 0.15) is 0 Å². The lowest BCUT2D eigenvalue weighted by Gasteiger charge is -2.49. The summed E-state index contributed by atoms with van der Waals surface area (Å²) in [5.41, 5.74) is 2.57. The molecule has 3 aliphatic heterocycles. The number of fused-ring (bicyclic) bond motifs is 3. The summed E-state index contributed by atoms with van der Waals surface area (Å²) in [6.07, 6.45) is 2.09. The zero-order valence-corrected chi connectivity index (χ0v) is 16.1. The fourth-order valence-electron chi connectivity index (χ4n) is 4.37. The van der Waals surface area contributed by atoms with Crippen molar-refractivity contribution in [3.63, 3.8) is 0 Å². The van der Waals surface area contributed by atoms with Crippen molar-refractivity contribution in [3.05, 3.63) is 12.3 Å². The number of anilines is 3. The number of nitrogens with zero attached hydrogens (tertiary/aromatic N) is 6. The number of likely N-dealkylation sites (N-methyl/N-ethyl adjacent to an activating group) is 2. The Kier molecular flexibility index (Phi) is 4.50. The highest BCUT2D eigenvalue weighted by atomic mass is 15.4. The maximum Gasteiger partial charge on any atom is 0.152 e. The van der Waals surface area contributed by atoms with Gasteiger partial charge in [-0.3, -0.25) is 4.90 Å². The Labute approximate surface area is 152 Å². The molecule has 3 aliphatic rings. The van der Waals surface area contributed by atoms with Crippen molar-refractivity contribution in [1.82, 2.24) is 14.8 Å². The largest absolute Gasteiger partial charge is 0.369 e. The maximum absolute atomic E-state index is 4.93. The lowest BCUT2D eigenvalue weighted by atomic mass is 10.1. The molecule has 4 heterocycles. The highest BCUT2D eigenvalue weighted by Gasteiger charge is 2.35. The summed E-state index contributed by atoms with van der Waals surface area (Å²) in [7, 11) is 4.42. The van der Waals surface area contributed by atoms with Crippen molar-refractivity contribution >= 4 is 17.2 Å². The smallest absolute Gasteiger partial charge is 0.152 e. The summed E-state index contributed by atoms with van der Waals surface area (Å²) < 4.78 is 0. The third kappa shape index (κ3) is 3.17. The van der Waals surface area contributed by atoms with E-state index in [1.165, 1.54) is 17.2 Å². The fourth-order valence-corrected chi connectivity index (χ4v) is 4.37. The summed E-state index contributed by atoms with van der Waals surface area (Å²) in [5, 5.41) is 0. The minimum atomic E-state index is 0.552. The number of rotatable bonds is 2. The van der Waals surface area contributed by atoms with Crippen LogP contribution in [0.25, 0.3) is 0 Å². The van der Waals surface area contributed by atoms with Gasteiger partial charge in [0.05, 0.1) is 23.6 Å². The molecule has 6 nitrogen and oxygen atoms in total. The molecule has 2 fully saturated rings. The van der Waals surface area contributed by atoms with E-state index in [0.717, 1.165) is 52.4 Å². The van der Waals surface area contributed by atoms with Crippen LogP contribution in [0, 0.1) is 0 Å². The topological polar surface area (TPSA) is 29.1 Å². The molecule has 25 heavy (non-hydrogen) atoms. The summed E-state index contributed by atoms with van der Waals surface area (Å²) in [5.74, 6) is 1.18. The first-order chi connectivity index (χ1) is 12.0.